The van der Waals surface area contributed by atoms with Gasteiger partial charge in [-0.25, -0.2) is 0 Å². The lowest BCUT2D eigenvalue weighted by molar-refractivity contribution is -0.00488. The summed E-state index contributed by atoms with van der Waals surface area (Å²) in [5.74, 6) is -0.763. The largest absolute Gasteiger partial charge is 0.389 e. The molecule has 152 valence electrons. The summed E-state index contributed by atoms with van der Waals surface area (Å²) in [6.07, 6.45) is -1.35. The van der Waals surface area contributed by atoms with Crippen LogP contribution >= 0.6 is 0 Å². The molecular formula is C25H23NO4. The van der Waals surface area contributed by atoms with E-state index in [2.05, 4.69) is 0 Å². The molecule has 1 aliphatic rings. The highest BCUT2D eigenvalue weighted by Crippen LogP contribution is 2.29. The Morgan fingerprint density at radius 3 is 2.03 bits per heavy atom. The number of rotatable bonds is 7. The van der Waals surface area contributed by atoms with E-state index in [4.69, 9.17) is 4.74 Å². The molecule has 3 aromatic carbocycles. The number of amides is 2. The van der Waals surface area contributed by atoms with Crippen molar-refractivity contribution in [2.75, 3.05) is 13.2 Å². The van der Waals surface area contributed by atoms with E-state index in [1.165, 1.54) is 0 Å². The number of carbonyl (C=O) groups excluding carboxylic acids is 2. The Bertz CT molecular complexity index is 1030. The number of hydrogen-bond donors (Lipinski definition) is 1. The highest BCUT2D eigenvalue weighted by atomic mass is 16.5. The van der Waals surface area contributed by atoms with E-state index in [1.807, 2.05) is 61.5 Å². The minimum Gasteiger partial charge on any atom is -0.389 e. The summed E-state index contributed by atoms with van der Waals surface area (Å²) in [6.45, 7) is 1.90. The van der Waals surface area contributed by atoms with Crippen LogP contribution in [-0.4, -0.2) is 41.1 Å². The molecule has 2 atom stereocenters. The highest BCUT2D eigenvalue weighted by molar-refractivity contribution is 6.21. The maximum absolute atomic E-state index is 12.5. The van der Waals surface area contributed by atoms with Gasteiger partial charge in [-0.05, 0) is 35.7 Å². The summed E-state index contributed by atoms with van der Waals surface area (Å²) in [5, 5.41) is 10.6. The second-order valence-electron chi connectivity index (χ2n) is 7.40. The van der Waals surface area contributed by atoms with Gasteiger partial charge in [0.15, 0.2) is 0 Å². The average Bonchev–Trinajstić information content (AvgIpc) is 3.01. The van der Waals surface area contributed by atoms with Gasteiger partial charge in [0.2, 0.25) is 0 Å². The van der Waals surface area contributed by atoms with Crippen LogP contribution in [0, 0.1) is 6.92 Å². The van der Waals surface area contributed by atoms with Crippen LogP contribution in [0.15, 0.2) is 78.9 Å². The summed E-state index contributed by atoms with van der Waals surface area (Å²) in [5.41, 5.74) is 3.81. The maximum Gasteiger partial charge on any atom is 0.261 e. The molecule has 0 radical (unpaired) electrons. The zero-order valence-corrected chi connectivity index (χ0v) is 16.7. The van der Waals surface area contributed by atoms with Crippen molar-refractivity contribution in [3.63, 3.8) is 0 Å². The topological polar surface area (TPSA) is 66.8 Å². The van der Waals surface area contributed by atoms with E-state index in [1.54, 1.807) is 24.3 Å². The van der Waals surface area contributed by atoms with E-state index < -0.39 is 6.10 Å². The van der Waals surface area contributed by atoms with Crippen LogP contribution in [-0.2, 0) is 4.74 Å². The minimum atomic E-state index is -0.998. The van der Waals surface area contributed by atoms with Crippen molar-refractivity contribution < 1.29 is 19.4 Å². The van der Waals surface area contributed by atoms with E-state index in [0.29, 0.717) is 11.1 Å². The molecule has 0 spiro atoms. The Labute approximate surface area is 175 Å². The van der Waals surface area contributed by atoms with Crippen molar-refractivity contribution >= 4 is 11.8 Å². The van der Waals surface area contributed by atoms with E-state index in [-0.39, 0.29) is 31.1 Å². The lowest BCUT2D eigenvalue weighted by Crippen LogP contribution is -2.39. The van der Waals surface area contributed by atoms with E-state index >= 15 is 0 Å². The number of aliphatic hydroxyl groups is 1. The molecule has 4 rings (SSSR count). The molecule has 0 saturated heterocycles. The highest BCUT2D eigenvalue weighted by Gasteiger charge is 2.36. The number of aliphatic hydroxyl groups excluding tert-OH is 1. The van der Waals surface area contributed by atoms with Crippen molar-refractivity contribution in [3.8, 4) is 0 Å². The fourth-order valence-electron chi connectivity index (χ4n) is 3.75. The number of benzene rings is 3. The Morgan fingerprint density at radius 2 is 1.40 bits per heavy atom. The van der Waals surface area contributed by atoms with Gasteiger partial charge in [-0.2, -0.15) is 0 Å². The number of hydrogen-bond acceptors (Lipinski definition) is 4. The lowest BCUT2D eigenvalue weighted by atomic mass is 9.97. The fourth-order valence-corrected chi connectivity index (χ4v) is 3.75. The molecule has 0 saturated carbocycles. The Balaban J connectivity index is 1.47. The standard InChI is InChI=1S/C25H23NO4/c1-17-9-5-6-12-20(17)23(18-10-3-2-4-11-18)30-16-19(27)15-26-24(28)21-13-7-8-14-22(21)25(26)29/h2-14,19,23,27H,15-16H2,1H3/t19-,23+/m0/s1. The molecule has 0 aliphatic carbocycles. The SMILES string of the molecule is Cc1ccccc1[C@H](OC[C@@H](O)CN1C(=O)c2ccccc2C1=O)c1ccccc1. The summed E-state index contributed by atoms with van der Waals surface area (Å²) in [4.78, 5) is 26.1. The molecule has 0 unspecified atom stereocenters. The number of β-amino-alcohol motifs (C(OH)–C–C–N with tert-alkyl or cyclic N) is 1. The quantitative estimate of drug-likeness (QED) is 0.612. The molecule has 0 fully saturated rings. The molecule has 0 aromatic heterocycles. The maximum atomic E-state index is 12.5. The zero-order chi connectivity index (χ0) is 21.1. The first-order valence-electron chi connectivity index (χ1n) is 9.91. The number of ether oxygens (including phenoxy) is 1. The minimum absolute atomic E-state index is 0.0126. The fraction of sp³-hybridized carbons (Fsp3) is 0.200. The van der Waals surface area contributed by atoms with Gasteiger partial charge in [0.05, 0.1) is 30.4 Å². The summed E-state index contributed by atoms with van der Waals surface area (Å²) >= 11 is 0. The summed E-state index contributed by atoms with van der Waals surface area (Å²) in [7, 11) is 0. The number of aryl methyl sites for hydroxylation is 1. The lowest BCUT2D eigenvalue weighted by Gasteiger charge is -2.24. The van der Waals surface area contributed by atoms with Gasteiger partial charge in [-0.1, -0.05) is 66.7 Å². The second-order valence-corrected chi connectivity index (χ2v) is 7.40. The molecule has 3 aromatic rings. The zero-order valence-electron chi connectivity index (χ0n) is 16.7. The van der Waals surface area contributed by atoms with Gasteiger partial charge in [0.25, 0.3) is 11.8 Å². The first kappa shape index (κ1) is 20.0. The molecule has 1 N–H and O–H groups in total. The van der Waals surface area contributed by atoms with Crippen molar-refractivity contribution in [3.05, 3.63) is 107 Å². The third-order valence-electron chi connectivity index (χ3n) is 5.30. The van der Waals surface area contributed by atoms with Crippen molar-refractivity contribution in [1.29, 1.82) is 0 Å². The molecule has 5 nitrogen and oxygen atoms in total. The first-order chi connectivity index (χ1) is 14.6. The van der Waals surface area contributed by atoms with Gasteiger partial charge < -0.3 is 9.84 Å². The Morgan fingerprint density at radius 1 is 0.833 bits per heavy atom. The molecule has 5 heteroatoms. The predicted octanol–water partition coefficient (Wildman–Crippen LogP) is 3.76. The van der Waals surface area contributed by atoms with Crippen LogP contribution in [0.1, 0.15) is 43.5 Å². The molecular weight excluding hydrogens is 378 g/mol. The van der Waals surface area contributed by atoms with Crippen LogP contribution in [0.25, 0.3) is 0 Å². The smallest absolute Gasteiger partial charge is 0.261 e. The summed E-state index contributed by atoms with van der Waals surface area (Å²) in [6, 6.07) is 24.4. The number of fused-ring (bicyclic) bond motifs is 1. The van der Waals surface area contributed by atoms with E-state index in [0.717, 1.165) is 21.6 Å². The molecule has 30 heavy (non-hydrogen) atoms. The van der Waals surface area contributed by atoms with Crippen LogP contribution in [0.4, 0.5) is 0 Å². The first-order valence-corrected chi connectivity index (χ1v) is 9.91. The van der Waals surface area contributed by atoms with Crippen LogP contribution in [0.5, 0.6) is 0 Å². The van der Waals surface area contributed by atoms with Gasteiger partial charge in [0.1, 0.15) is 6.10 Å². The van der Waals surface area contributed by atoms with Crippen LogP contribution < -0.4 is 0 Å². The molecule has 1 aliphatic heterocycles. The van der Waals surface area contributed by atoms with Gasteiger partial charge >= 0.3 is 0 Å². The Hall–Kier alpha value is -3.28. The van der Waals surface area contributed by atoms with Crippen molar-refractivity contribution in [2.24, 2.45) is 0 Å². The monoisotopic (exact) mass is 401 g/mol. The number of nitrogens with zero attached hydrogens (tertiary/aromatic N) is 1. The average molecular weight is 401 g/mol. The van der Waals surface area contributed by atoms with Crippen molar-refractivity contribution in [1.82, 2.24) is 4.90 Å². The second kappa shape index (κ2) is 8.61. The van der Waals surface area contributed by atoms with Gasteiger partial charge in [0, 0.05) is 0 Å². The number of carbonyl (C=O) groups is 2. The summed E-state index contributed by atoms with van der Waals surface area (Å²) < 4.78 is 6.12. The van der Waals surface area contributed by atoms with Gasteiger partial charge in [-0.15, -0.1) is 0 Å². The Kier molecular flexibility index (Phi) is 5.74. The third-order valence-corrected chi connectivity index (χ3v) is 5.30. The van der Waals surface area contributed by atoms with Crippen LogP contribution in [0.3, 0.4) is 0 Å². The van der Waals surface area contributed by atoms with E-state index in [9.17, 15) is 14.7 Å². The van der Waals surface area contributed by atoms with Gasteiger partial charge in [-0.3, -0.25) is 14.5 Å². The third kappa shape index (κ3) is 3.90. The molecule has 0 bridgehead atoms. The predicted molar refractivity (Wildman–Crippen MR) is 113 cm³/mol. The van der Waals surface area contributed by atoms with Crippen LogP contribution in [0.2, 0.25) is 0 Å². The van der Waals surface area contributed by atoms with Crippen molar-refractivity contribution in [2.45, 2.75) is 19.1 Å². The molecule has 2 amide bonds. The normalized spacial score (nSPS) is 15.2. The number of imide groups is 1. The molecule has 1 heterocycles.